The van der Waals surface area contributed by atoms with Crippen LogP contribution in [0.1, 0.15) is 28.4 Å². The number of nitrogens with two attached hydrogens (primary N) is 1. The molecule has 5 nitrogen and oxygen atoms in total. The fraction of sp³-hybridized carbons (Fsp3) is 0.333. The van der Waals surface area contributed by atoms with Gasteiger partial charge in [-0.15, -0.1) is 0 Å². The molecule has 0 saturated heterocycles. The second kappa shape index (κ2) is 6.66. The van der Waals surface area contributed by atoms with Gasteiger partial charge in [0, 0.05) is 12.1 Å². The summed E-state index contributed by atoms with van der Waals surface area (Å²) in [5, 5.41) is 9.03. The van der Waals surface area contributed by atoms with Crippen LogP contribution in [0, 0.1) is 11.3 Å². The largest absolute Gasteiger partial charge is 0.462 e. The van der Waals surface area contributed by atoms with E-state index in [0.29, 0.717) is 0 Å². The van der Waals surface area contributed by atoms with Crippen molar-refractivity contribution in [3.63, 3.8) is 0 Å². The van der Waals surface area contributed by atoms with Gasteiger partial charge in [-0.2, -0.15) is 14.0 Å². The van der Waals surface area contributed by atoms with E-state index in [1.807, 2.05) is 0 Å². The van der Waals surface area contributed by atoms with E-state index in [-0.39, 0.29) is 35.6 Å². The number of ether oxygens (including phenoxy) is 2. The summed E-state index contributed by atoms with van der Waals surface area (Å²) in [6.45, 7) is -1.52. The summed E-state index contributed by atoms with van der Waals surface area (Å²) in [6.07, 6.45) is 0. The Morgan fingerprint density at radius 3 is 2.68 bits per heavy atom. The lowest BCUT2D eigenvalue weighted by Gasteiger charge is -2.13. The van der Waals surface area contributed by atoms with Crippen LogP contribution in [-0.2, 0) is 11.3 Å². The first-order valence-electron chi connectivity index (χ1n) is 5.43. The lowest BCUT2D eigenvalue weighted by Crippen LogP contribution is -2.13. The number of rotatable bonds is 5. The third kappa shape index (κ3) is 3.39. The van der Waals surface area contributed by atoms with E-state index in [9.17, 15) is 13.6 Å². The van der Waals surface area contributed by atoms with Gasteiger partial charge in [-0.3, -0.25) is 0 Å². The van der Waals surface area contributed by atoms with Crippen molar-refractivity contribution in [2.24, 2.45) is 5.73 Å². The number of nitrogens with zero attached hydrogens (tertiary/aromatic N) is 1. The Labute approximate surface area is 108 Å². The number of esters is 1. The molecule has 0 aliphatic carbocycles. The predicted octanol–water partition coefficient (Wildman–Crippen LogP) is 1.80. The highest BCUT2D eigenvalue weighted by molar-refractivity contribution is 5.93. The maximum Gasteiger partial charge on any atom is 0.387 e. The van der Waals surface area contributed by atoms with Crippen molar-refractivity contribution in [3.05, 3.63) is 28.8 Å². The van der Waals surface area contributed by atoms with Crippen molar-refractivity contribution in [2.45, 2.75) is 20.1 Å². The fourth-order valence-corrected chi connectivity index (χ4v) is 1.50. The topological polar surface area (TPSA) is 85.3 Å². The number of carbonyl (C=O) groups is 1. The zero-order valence-corrected chi connectivity index (χ0v) is 10.2. The molecular weight excluding hydrogens is 258 g/mol. The third-order valence-corrected chi connectivity index (χ3v) is 2.27. The molecule has 0 aliphatic rings. The highest BCUT2D eigenvalue weighted by Gasteiger charge is 2.21. The smallest absolute Gasteiger partial charge is 0.387 e. The van der Waals surface area contributed by atoms with E-state index in [0.717, 1.165) is 0 Å². The summed E-state index contributed by atoms with van der Waals surface area (Å²) in [4.78, 5) is 11.6. The lowest BCUT2D eigenvalue weighted by molar-refractivity contribution is -0.0507. The Balaban J connectivity index is 3.36. The zero-order valence-electron chi connectivity index (χ0n) is 10.2. The molecule has 19 heavy (non-hydrogen) atoms. The van der Waals surface area contributed by atoms with E-state index in [1.165, 1.54) is 12.1 Å². The minimum absolute atomic E-state index is 0.0974. The summed E-state index contributed by atoms with van der Waals surface area (Å²) >= 11 is 0. The van der Waals surface area contributed by atoms with Gasteiger partial charge in [0.2, 0.25) is 0 Å². The van der Waals surface area contributed by atoms with E-state index < -0.39 is 12.6 Å². The van der Waals surface area contributed by atoms with Gasteiger partial charge < -0.3 is 15.2 Å². The Bertz CT molecular complexity index is 512. The van der Waals surface area contributed by atoms with Crippen LogP contribution < -0.4 is 10.5 Å². The van der Waals surface area contributed by atoms with Gasteiger partial charge in [0.1, 0.15) is 17.4 Å². The number of benzene rings is 1. The average Bonchev–Trinajstić information content (AvgIpc) is 2.37. The van der Waals surface area contributed by atoms with Gasteiger partial charge >= 0.3 is 12.6 Å². The molecule has 1 rings (SSSR count). The standard InChI is InChI=1S/C12H12F2N2O3/c1-2-18-11(17)8-4-3-7(5-15)10(9(8)6-16)19-12(13)14/h3-4,12H,2,5,15H2,1H3. The number of carbonyl (C=O) groups excluding carboxylic acids is 1. The molecule has 0 aromatic heterocycles. The van der Waals surface area contributed by atoms with Crippen molar-refractivity contribution in [3.8, 4) is 11.8 Å². The minimum atomic E-state index is -3.12. The van der Waals surface area contributed by atoms with Crippen LogP contribution in [0.3, 0.4) is 0 Å². The monoisotopic (exact) mass is 270 g/mol. The van der Waals surface area contributed by atoms with Gasteiger partial charge in [0.05, 0.1) is 12.2 Å². The third-order valence-electron chi connectivity index (χ3n) is 2.27. The van der Waals surface area contributed by atoms with Crippen LogP contribution in [0.5, 0.6) is 5.75 Å². The normalized spacial score (nSPS) is 10.1. The van der Waals surface area contributed by atoms with Crippen molar-refractivity contribution < 1.29 is 23.0 Å². The number of nitriles is 1. The molecule has 7 heteroatoms. The predicted molar refractivity (Wildman–Crippen MR) is 61.6 cm³/mol. The first kappa shape index (κ1) is 14.9. The Morgan fingerprint density at radius 2 is 2.21 bits per heavy atom. The summed E-state index contributed by atoms with van der Waals surface area (Å²) < 4.78 is 33.7. The second-order valence-corrected chi connectivity index (χ2v) is 3.39. The number of hydrogen-bond acceptors (Lipinski definition) is 5. The summed E-state index contributed by atoms with van der Waals surface area (Å²) in [6, 6.07) is 4.32. The van der Waals surface area contributed by atoms with Crippen LogP contribution in [0.15, 0.2) is 12.1 Å². The SMILES string of the molecule is CCOC(=O)c1ccc(CN)c(OC(F)F)c1C#N. The molecule has 0 aliphatic heterocycles. The van der Waals surface area contributed by atoms with Crippen LogP contribution in [-0.4, -0.2) is 19.2 Å². The van der Waals surface area contributed by atoms with Gasteiger partial charge in [0.15, 0.2) is 0 Å². The van der Waals surface area contributed by atoms with E-state index in [1.54, 1.807) is 13.0 Å². The number of halogens is 2. The molecule has 0 bridgehead atoms. The Morgan fingerprint density at radius 1 is 1.53 bits per heavy atom. The maximum absolute atomic E-state index is 12.3. The minimum Gasteiger partial charge on any atom is -0.462 e. The molecule has 0 unspecified atom stereocenters. The molecule has 0 heterocycles. The van der Waals surface area contributed by atoms with Crippen LogP contribution >= 0.6 is 0 Å². The molecule has 102 valence electrons. The molecule has 0 saturated carbocycles. The van der Waals surface area contributed by atoms with Crippen LogP contribution in [0.2, 0.25) is 0 Å². The highest BCUT2D eigenvalue weighted by Crippen LogP contribution is 2.28. The Kier molecular flexibility index (Phi) is 5.21. The van der Waals surface area contributed by atoms with Crippen molar-refractivity contribution in [1.29, 1.82) is 5.26 Å². The number of hydrogen-bond donors (Lipinski definition) is 1. The van der Waals surface area contributed by atoms with E-state index in [4.69, 9.17) is 15.7 Å². The Hall–Kier alpha value is -2.20. The molecule has 0 amide bonds. The van der Waals surface area contributed by atoms with Gasteiger partial charge in [-0.1, -0.05) is 6.07 Å². The molecule has 0 fully saturated rings. The van der Waals surface area contributed by atoms with Gasteiger partial charge in [-0.05, 0) is 13.0 Å². The first-order valence-corrected chi connectivity index (χ1v) is 5.43. The molecule has 1 aromatic rings. The molecule has 0 radical (unpaired) electrons. The van der Waals surface area contributed by atoms with Crippen molar-refractivity contribution >= 4 is 5.97 Å². The van der Waals surface area contributed by atoms with E-state index >= 15 is 0 Å². The summed E-state index contributed by atoms with van der Waals surface area (Å²) in [7, 11) is 0. The molecule has 1 aromatic carbocycles. The van der Waals surface area contributed by atoms with Gasteiger partial charge in [-0.25, -0.2) is 4.79 Å². The maximum atomic E-state index is 12.3. The quantitative estimate of drug-likeness (QED) is 0.824. The molecule has 2 N–H and O–H groups in total. The van der Waals surface area contributed by atoms with Crippen LogP contribution in [0.25, 0.3) is 0 Å². The lowest BCUT2D eigenvalue weighted by atomic mass is 10.0. The highest BCUT2D eigenvalue weighted by atomic mass is 19.3. The number of alkyl halides is 2. The average molecular weight is 270 g/mol. The zero-order chi connectivity index (χ0) is 14.4. The first-order chi connectivity index (χ1) is 9.04. The fourth-order valence-electron chi connectivity index (χ4n) is 1.50. The van der Waals surface area contributed by atoms with Crippen LogP contribution in [0.4, 0.5) is 8.78 Å². The van der Waals surface area contributed by atoms with Crippen molar-refractivity contribution in [2.75, 3.05) is 6.61 Å². The molecule has 0 atom stereocenters. The molecule has 0 spiro atoms. The van der Waals surface area contributed by atoms with Crippen molar-refractivity contribution in [1.82, 2.24) is 0 Å². The summed E-state index contributed by atoms with van der Waals surface area (Å²) in [5.41, 5.74) is 5.17. The summed E-state index contributed by atoms with van der Waals surface area (Å²) in [5.74, 6) is -1.16. The van der Waals surface area contributed by atoms with Gasteiger partial charge in [0.25, 0.3) is 0 Å². The molecular formula is C12H12F2N2O3. The second-order valence-electron chi connectivity index (χ2n) is 3.39. The van der Waals surface area contributed by atoms with E-state index in [2.05, 4.69) is 4.74 Å².